The molecular formula is C20H23ClN2O2S. The Morgan fingerprint density at radius 2 is 1.77 bits per heavy atom. The highest BCUT2D eigenvalue weighted by molar-refractivity contribution is 7.98. The van der Waals surface area contributed by atoms with E-state index in [1.807, 2.05) is 36.6 Å². The number of carbonyl (C=O) groups excluding carboxylic acids is 2. The second-order valence-corrected chi connectivity index (χ2v) is 7.26. The van der Waals surface area contributed by atoms with Gasteiger partial charge in [-0.3, -0.25) is 9.59 Å². The van der Waals surface area contributed by atoms with E-state index in [4.69, 9.17) is 11.6 Å². The van der Waals surface area contributed by atoms with Gasteiger partial charge in [0.1, 0.15) is 6.04 Å². The van der Waals surface area contributed by atoms with Gasteiger partial charge in [-0.1, -0.05) is 41.9 Å². The highest BCUT2D eigenvalue weighted by atomic mass is 35.5. The Morgan fingerprint density at radius 3 is 2.42 bits per heavy atom. The average molecular weight is 391 g/mol. The molecular weight excluding hydrogens is 368 g/mol. The van der Waals surface area contributed by atoms with Gasteiger partial charge in [0, 0.05) is 17.1 Å². The summed E-state index contributed by atoms with van der Waals surface area (Å²) in [6.45, 7) is 0.511. The first-order valence-corrected chi connectivity index (χ1v) is 10.2. The topological polar surface area (TPSA) is 58.2 Å². The summed E-state index contributed by atoms with van der Waals surface area (Å²) in [4.78, 5) is 24.8. The number of halogens is 1. The van der Waals surface area contributed by atoms with Gasteiger partial charge in [-0.05, 0) is 54.7 Å². The lowest BCUT2D eigenvalue weighted by Gasteiger charge is -2.18. The number of nitrogens with one attached hydrogen (secondary N) is 2. The molecule has 0 radical (unpaired) electrons. The van der Waals surface area contributed by atoms with E-state index in [-0.39, 0.29) is 11.8 Å². The summed E-state index contributed by atoms with van der Waals surface area (Å²) < 4.78 is 0. The van der Waals surface area contributed by atoms with Crippen LogP contribution < -0.4 is 10.6 Å². The van der Waals surface area contributed by atoms with Gasteiger partial charge in [0.25, 0.3) is 5.91 Å². The Kier molecular flexibility index (Phi) is 8.51. The molecule has 0 fully saturated rings. The Hall–Kier alpha value is -1.98. The van der Waals surface area contributed by atoms with E-state index < -0.39 is 6.04 Å². The molecule has 1 atom stereocenters. The van der Waals surface area contributed by atoms with Crippen LogP contribution in [-0.4, -0.2) is 36.4 Å². The fourth-order valence-electron chi connectivity index (χ4n) is 2.44. The molecule has 0 bridgehead atoms. The van der Waals surface area contributed by atoms with Crippen molar-refractivity contribution in [1.82, 2.24) is 10.6 Å². The normalized spacial score (nSPS) is 11.6. The molecule has 0 aliphatic carbocycles. The largest absolute Gasteiger partial charge is 0.354 e. The van der Waals surface area contributed by atoms with Crippen molar-refractivity contribution in [3.05, 3.63) is 70.7 Å². The average Bonchev–Trinajstić information content (AvgIpc) is 2.67. The molecule has 2 amide bonds. The summed E-state index contributed by atoms with van der Waals surface area (Å²) in [5.74, 6) is 0.409. The zero-order valence-electron chi connectivity index (χ0n) is 14.7. The molecule has 0 aliphatic heterocycles. The van der Waals surface area contributed by atoms with E-state index in [9.17, 15) is 9.59 Å². The second-order valence-electron chi connectivity index (χ2n) is 5.84. The molecule has 6 heteroatoms. The van der Waals surface area contributed by atoms with Gasteiger partial charge >= 0.3 is 0 Å². The van der Waals surface area contributed by atoms with Gasteiger partial charge in [-0.2, -0.15) is 11.8 Å². The number of rotatable bonds is 9. The Morgan fingerprint density at radius 1 is 1.08 bits per heavy atom. The summed E-state index contributed by atoms with van der Waals surface area (Å²) in [6, 6.07) is 15.9. The third kappa shape index (κ3) is 6.73. The van der Waals surface area contributed by atoms with Gasteiger partial charge in [-0.25, -0.2) is 0 Å². The van der Waals surface area contributed by atoms with Gasteiger partial charge in [0.2, 0.25) is 5.91 Å². The molecule has 0 saturated heterocycles. The maximum Gasteiger partial charge on any atom is 0.251 e. The molecule has 4 nitrogen and oxygen atoms in total. The number of hydrogen-bond acceptors (Lipinski definition) is 3. The third-order valence-corrected chi connectivity index (χ3v) is 4.79. The molecule has 2 rings (SSSR count). The first kappa shape index (κ1) is 20.3. The molecule has 138 valence electrons. The van der Waals surface area contributed by atoms with Crippen LogP contribution in [0.4, 0.5) is 0 Å². The Labute approximate surface area is 163 Å². The number of amides is 2. The predicted molar refractivity (Wildman–Crippen MR) is 109 cm³/mol. The highest BCUT2D eigenvalue weighted by Crippen LogP contribution is 2.10. The second kappa shape index (κ2) is 10.9. The molecule has 2 aromatic carbocycles. The molecule has 0 saturated carbocycles. The van der Waals surface area contributed by atoms with E-state index in [0.29, 0.717) is 30.0 Å². The van der Waals surface area contributed by atoms with Crippen molar-refractivity contribution in [2.45, 2.75) is 18.9 Å². The molecule has 0 aromatic heterocycles. The van der Waals surface area contributed by atoms with Gasteiger partial charge in [0.15, 0.2) is 0 Å². The smallest absolute Gasteiger partial charge is 0.251 e. The lowest BCUT2D eigenvalue weighted by Crippen LogP contribution is -2.47. The van der Waals surface area contributed by atoms with E-state index in [1.165, 1.54) is 0 Å². The molecule has 0 unspecified atom stereocenters. The molecule has 0 spiro atoms. The SMILES string of the molecule is CSCC[C@H](NC(=O)c1ccccc1)C(=O)NCCc1ccc(Cl)cc1. The standard InChI is InChI=1S/C20H23ClN2O2S/c1-26-14-12-18(23-19(24)16-5-3-2-4-6-16)20(25)22-13-11-15-7-9-17(21)10-8-15/h2-10,18H,11-14H2,1H3,(H,22,25)(H,23,24)/t18-/m0/s1. The molecule has 26 heavy (non-hydrogen) atoms. The first-order chi connectivity index (χ1) is 12.6. The summed E-state index contributed by atoms with van der Waals surface area (Å²) in [5, 5.41) is 6.45. The van der Waals surface area contributed by atoms with Gasteiger partial charge in [0.05, 0.1) is 0 Å². The molecule has 0 aliphatic rings. The number of hydrogen-bond donors (Lipinski definition) is 2. The van der Waals surface area contributed by atoms with E-state index in [0.717, 1.165) is 11.3 Å². The van der Waals surface area contributed by atoms with Gasteiger partial charge < -0.3 is 10.6 Å². The first-order valence-electron chi connectivity index (χ1n) is 8.47. The molecule has 0 heterocycles. The monoisotopic (exact) mass is 390 g/mol. The number of benzene rings is 2. The number of thioether (sulfide) groups is 1. The Balaban J connectivity index is 1.89. The van der Waals surface area contributed by atoms with Crippen molar-refractivity contribution < 1.29 is 9.59 Å². The van der Waals surface area contributed by atoms with Crippen molar-refractivity contribution in [2.24, 2.45) is 0 Å². The van der Waals surface area contributed by atoms with Crippen LogP contribution in [0.1, 0.15) is 22.3 Å². The van der Waals surface area contributed by atoms with Crippen LogP contribution in [-0.2, 0) is 11.2 Å². The summed E-state index contributed by atoms with van der Waals surface area (Å²) in [6.07, 6.45) is 3.28. The van der Waals surface area contributed by atoms with Crippen LogP contribution >= 0.6 is 23.4 Å². The number of carbonyl (C=O) groups is 2. The zero-order chi connectivity index (χ0) is 18.8. The third-order valence-electron chi connectivity index (χ3n) is 3.89. The highest BCUT2D eigenvalue weighted by Gasteiger charge is 2.20. The van der Waals surface area contributed by atoms with Crippen molar-refractivity contribution in [1.29, 1.82) is 0 Å². The van der Waals surface area contributed by atoms with E-state index >= 15 is 0 Å². The predicted octanol–water partition coefficient (Wildman–Crippen LogP) is 3.55. The van der Waals surface area contributed by atoms with Crippen molar-refractivity contribution in [2.75, 3.05) is 18.6 Å². The lowest BCUT2D eigenvalue weighted by molar-refractivity contribution is -0.122. The fourth-order valence-corrected chi connectivity index (χ4v) is 3.04. The zero-order valence-corrected chi connectivity index (χ0v) is 16.3. The fraction of sp³-hybridized carbons (Fsp3) is 0.300. The van der Waals surface area contributed by atoms with Crippen LogP contribution in [0.2, 0.25) is 5.02 Å². The summed E-state index contributed by atoms with van der Waals surface area (Å²) >= 11 is 7.52. The lowest BCUT2D eigenvalue weighted by atomic mass is 10.1. The van der Waals surface area contributed by atoms with Crippen LogP contribution in [0.5, 0.6) is 0 Å². The van der Waals surface area contributed by atoms with Crippen molar-refractivity contribution in [3.63, 3.8) is 0 Å². The van der Waals surface area contributed by atoms with Crippen LogP contribution in [0.15, 0.2) is 54.6 Å². The van der Waals surface area contributed by atoms with Crippen molar-refractivity contribution >= 4 is 35.2 Å². The summed E-state index contributed by atoms with van der Waals surface area (Å²) in [5.41, 5.74) is 1.65. The minimum atomic E-state index is -0.541. The van der Waals surface area contributed by atoms with Crippen molar-refractivity contribution in [3.8, 4) is 0 Å². The Bertz CT molecular complexity index is 708. The minimum absolute atomic E-state index is 0.155. The maximum atomic E-state index is 12.5. The minimum Gasteiger partial charge on any atom is -0.354 e. The van der Waals surface area contributed by atoms with E-state index in [2.05, 4.69) is 10.6 Å². The quantitative estimate of drug-likeness (QED) is 0.688. The van der Waals surface area contributed by atoms with E-state index in [1.54, 1.807) is 36.0 Å². The van der Waals surface area contributed by atoms with Crippen LogP contribution in [0, 0.1) is 0 Å². The molecule has 2 aromatic rings. The maximum absolute atomic E-state index is 12.5. The van der Waals surface area contributed by atoms with Gasteiger partial charge in [-0.15, -0.1) is 0 Å². The van der Waals surface area contributed by atoms with Crippen LogP contribution in [0.25, 0.3) is 0 Å². The summed E-state index contributed by atoms with van der Waals surface area (Å²) in [7, 11) is 0. The molecule has 2 N–H and O–H groups in total. The van der Waals surface area contributed by atoms with Crippen LogP contribution in [0.3, 0.4) is 0 Å².